The molecule has 0 aliphatic heterocycles. The minimum absolute atomic E-state index is 0.0482. The fourth-order valence-electron chi connectivity index (χ4n) is 1.49. The number of carbonyl (C=O) groups is 1. The highest BCUT2D eigenvalue weighted by atomic mass is 79.9. The van der Waals surface area contributed by atoms with Crippen LogP contribution in [0, 0.1) is 5.92 Å². The van der Waals surface area contributed by atoms with Crippen molar-refractivity contribution in [3.8, 4) is 0 Å². The van der Waals surface area contributed by atoms with E-state index in [0.717, 1.165) is 0 Å². The molecule has 0 saturated carbocycles. The van der Waals surface area contributed by atoms with Gasteiger partial charge in [-0.05, 0) is 47.0 Å². The quantitative estimate of drug-likeness (QED) is 0.653. The lowest BCUT2D eigenvalue weighted by atomic mass is 10.2. The lowest BCUT2D eigenvalue weighted by molar-refractivity contribution is -0.122. The zero-order chi connectivity index (χ0) is 16.2. The Morgan fingerprint density at radius 1 is 1.33 bits per heavy atom. The van der Waals surface area contributed by atoms with Crippen LogP contribution in [0.5, 0.6) is 0 Å². The molecule has 1 aromatic carbocycles. The molecular weight excluding hydrogens is 358 g/mol. The van der Waals surface area contributed by atoms with Crippen molar-refractivity contribution >= 4 is 37.5 Å². The number of amides is 1. The molecule has 1 rings (SSSR count). The number of hydrogen-bond donors (Lipinski definition) is 3. The van der Waals surface area contributed by atoms with Crippen molar-refractivity contribution in [3.05, 3.63) is 22.7 Å². The van der Waals surface area contributed by atoms with Crippen molar-refractivity contribution in [1.29, 1.82) is 0 Å². The zero-order valence-electron chi connectivity index (χ0n) is 12.2. The van der Waals surface area contributed by atoms with E-state index in [4.69, 9.17) is 5.73 Å². The van der Waals surface area contributed by atoms with Gasteiger partial charge in [-0.3, -0.25) is 4.79 Å². The van der Waals surface area contributed by atoms with Gasteiger partial charge in [0.1, 0.15) is 0 Å². The SMILES string of the molecule is CC(C)CNC(=O)C(C)NS(=O)(=O)c1ccc(N)c(Br)c1. The maximum atomic E-state index is 12.2. The molecule has 118 valence electrons. The summed E-state index contributed by atoms with van der Waals surface area (Å²) in [7, 11) is -3.78. The fourth-order valence-corrected chi connectivity index (χ4v) is 3.25. The van der Waals surface area contributed by atoms with Crippen LogP contribution in [0.4, 0.5) is 5.69 Å². The molecular formula is C13H20BrN3O3S. The van der Waals surface area contributed by atoms with Gasteiger partial charge in [-0.2, -0.15) is 4.72 Å². The smallest absolute Gasteiger partial charge is 0.241 e. The van der Waals surface area contributed by atoms with Crippen molar-refractivity contribution in [2.75, 3.05) is 12.3 Å². The summed E-state index contributed by atoms with van der Waals surface area (Å²) >= 11 is 3.18. The van der Waals surface area contributed by atoms with E-state index in [2.05, 4.69) is 26.0 Å². The third kappa shape index (κ3) is 5.29. The van der Waals surface area contributed by atoms with Crippen molar-refractivity contribution < 1.29 is 13.2 Å². The first-order valence-corrected chi connectivity index (χ1v) is 8.76. The Hall–Kier alpha value is -1.12. The molecule has 0 aromatic heterocycles. The summed E-state index contributed by atoms with van der Waals surface area (Å²) in [5.74, 6) is -0.0624. The second-order valence-electron chi connectivity index (χ2n) is 5.17. The second-order valence-corrected chi connectivity index (χ2v) is 7.73. The predicted molar refractivity (Wildman–Crippen MR) is 86.2 cm³/mol. The molecule has 0 heterocycles. The van der Waals surface area contributed by atoms with Gasteiger partial charge in [-0.15, -0.1) is 0 Å². The summed E-state index contributed by atoms with van der Waals surface area (Å²) in [5.41, 5.74) is 6.06. The average Bonchev–Trinajstić information content (AvgIpc) is 2.38. The predicted octanol–water partition coefficient (Wildman–Crippen LogP) is 1.47. The third-order valence-electron chi connectivity index (χ3n) is 2.69. The molecule has 0 aliphatic rings. The van der Waals surface area contributed by atoms with Gasteiger partial charge < -0.3 is 11.1 Å². The van der Waals surface area contributed by atoms with Crippen LogP contribution in [0.15, 0.2) is 27.6 Å². The highest BCUT2D eigenvalue weighted by Crippen LogP contribution is 2.23. The molecule has 1 atom stereocenters. The van der Waals surface area contributed by atoms with Crippen LogP contribution in [-0.4, -0.2) is 26.9 Å². The van der Waals surface area contributed by atoms with Gasteiger partial charge in [0, 0.05) is 16.7 Å². The first-order valence-electron chi connectivity index (χ1n) is 6.48. The largest absolute Gasteiger partial charge is 0.398 e. The minimum atomic E-state index is -3.78. The highest BCUT2D eigenvalue weighted by Gasteiger charge is 2.22. The van der Waals surface area contributed by atoms with Gasteiger partial charge in [0.25, 0.3) is 0 Å². The normalized spacial score (nSPS) is 13.2. The van der Waals surface area contributed by atoms with Gasteiger partial charge in [-0.1, -0.05) is 13.8 Å². The second kappa shape index (κ2) is 7.24. The number of rotatable bonds is 6. The van der Waals surface area contributed by atoms with Crippen molar-refractivity contribution in [2.45, 2.75) is 31.7 Å². The third-order valence-corrected chi connectivity index (χ3v) is 4.92. The molecule has 21 heavy (non-hydrogen) atoms. The summed E-state index contributed by atoms with van der Waals surface area (Å²) in [5, 5.41) is 2.68. The number of halogens is 1. The molecule has 0 aliphatic carbocycles. The molecule has 0 bridgehead atoms. The molecule has 0 fully saturated rings. The van der Waals surface area contributed by atoms with Crippen LogP contribution in [0.3, 0.4) is 0 Å². The minimum Gasteiger partial charge on any atom is -0.398 e. The van der Waals surface area contributed by atoms with E-state index < -0.39 is 16.1 Å². The van der Waals surface area contributed by atoms with E-state index in [1.165, 1.54) is 25.1 Å². The lowest BCUT2D eigenvalue weighted by Gasteiger charge is -2.15. The summed E-state index contributed by atoms with van der Waals surface area (Å²) in [4.78, 5) is 11.9. The molecule has 0 spiro atoms. The van der Waals surface area contributed by atoms with Crippen LogP contribution in [0.2, 0.25) is 0 Å². The molecule has 1 aromatic rings. The van der Waals surface area contributed by atoms with Crippen molar-refractivity contribution in [1.82, 2.24) is 10.0 Å². The van der Waals surface area contributed by atoms with E-state index in [0.29, 0.717) is 22.6 Å². The van der Waals surface area contributed by atoms with Gasteiger partial charge in [0.15, 0.2) is 0 Å². The van der Waals surface area contributed by atoms with Gasteiger partial charge in [-0.25, -0.2) is 8.42 Å². The molecule has 4 N–H and O–H groups in total. The van der Waals surface area contributed by atoms with E-state index in [1.54, 1.807) is 0 Å². The van der Waals surface area contributed by atoms with Crippen molar-refractivity contribution in [2.24, 2.45) is 5.92 Å². The number of nitrogens with one attached hydrogen (secondary N) is 2. The lowest BCUT2D eigenvalue weighted by Crippen LogP contribution is -2.45. The number of anilines is 1. The molecule has 1 unspecified atom stereocenters. The average molecular weight is 378 g/mol. The van der Waals surface area contributed by atoms with Crippen LogP contribution in [0.1, 0.15) is 20.8 Å². The van der Waals surface area contributed by atoms with E-state index in [-0.39, 0.29) is 10.8 Å². The molecule has 6 nitrogen and oxygen atoms in total. The van der Waals surface area contributed by atoms with Gasteiger partial charge in [0.2, 0.25) is 15.9 Å². The summed E-state index contributed by atoms with van der Waals surface area (Å²) in [6.07, 6.45) is 0. The first-order chi connectivity index (χ1) is 9.63. The Kier molecular flexibility index (Phi) is 6.18. The molecule has 0 radical (unpaired) electrons. The highest BCUT2D eigenvalue weighted by molar-refractivity contribution is 9.10. The number of hydrogen-bond acceptors (Lipinski definition) is 4. The van der Waals surface area contributed by atoms with Crippen LogP contribution >= 0.6 is 15.9 Å². The number of nitrogens with two attached hydrogens (primary N) is 1. The van der Waals surface area contributed by atoms with Crippen LogP contribution < -0.4 is 15.8 Å². The fraction of sp³-hybridized carbons (Fsp3) is 0.462. The zero-order valence-corrected chi connectivity index (χ0v) is 14.6. The van der Waals surface area contributed by atoms with Crippen LogP contribution in [-0.2, 0) is 14.8 Å². The first kappa shape index (κ1) is 17.9. The number of benzene rings is 1. The topological polar surface area (TPSA) is 101 Å². The van der Waals surface area contributed by atoms with Crippen LogP contribution in [0.25, 0.3) is 0 Å². The summed E-state index contributed by atoms with van der Waals surface area (Å²) in [6, 6.07) is 3.42. The van der Waals surface area contributed by atoms with E-state index in [1.807, 2.05) is 13.8 Å². The molecule has 1 amide bonds. The monoisotopic (exact) mass is 377 g/mol. The van der Waals surface area contributed by atoms with E-state index in [9.17, 15) is 13.2 Å². The standard InChI is InChI=1S/C13H20BrN3O3S/c1-8(2)7-16-13(18)9(3)17-21(19,20)10-4-5-12(15)11(14)6-10/h4-6,8-9,17H,7,15H2,1-3H3,(H,16,18). The Morgan fingerprint density at radius 2 is 1.95 bits per heavy atom. The maximum absolute atomic E-state index is 12.2. The number of carbonyl (C=O) groups excluding carboxylic acids is 1. The Bertz CT molecular complexity index is 617. The molecule has 0 saturated heterocycles. The maximum Gasteiger partial charge on any atom is 0.241 e. The van der Waals surface area contributed by atoms with Crippen molar-refractivity contribution in [3.63, 3.8) is 0 Å². The Morgan fingerprint density at radius 3 is 2.48 bits per heavy atom. The molecule has 8 heteroatoms. The number of sulfonamides is 1. The Labute approximate surface area is 133 Å². The Balaban J connectivity index is 2.80. The summed E-state index contributed by atoms with van der Waals surface area (Å²) < 4.78 is 27.2. The van der Waals surface area contributed by atoms with Gasteiger partial charge in [0.05, 0.1) is 10.9 Å². The van der Waals surface area contributed by atoms with E-state index >= 15 is 0 Å². The summed E-state index contributed by atoms with van der Waals surface area (Å²) in [6.45, 7) is 5.92. The van der Waals surface area contributed by atoms with Gasteiger partial charge >= 0.3 is 0 Å². The number of nitrogen functional groups attached to an aromatic ring is 1.